The van der Waals surface area contributed by atoms with Gasteiger partial charge in [0, 0.05) is 38.6 Å². The summed E-state index contributed by atoms with van der Waals surface area (Å²) in [4.78, 5) is 29.1. The molecular formula is C21H29N3O3. The van der Waals surface area contributed by atoms with Crippen molar-refractivity contribution in [3.63, 3.8) is 0 Å². The molecule has 1 aromatic rings. The number of ether oxygens (including phenoxy) is 1. The molecule has 146 valence electrons. The standard InChI is InChI=1S/C21H29N3O3/c1-27-18-5-2-4-15(9-18)10-22-20(25)14-23-11-16-8-17(13-23)19-6-3-7-21(26)24(19)12-16/h2,4-5,9,16-17,19H,3,6-8,10-14H2,1H3,(H,22,25)/t16?,17?,19-/m1/s1. The Balaban J connectivity index is 1.30. The van der Waals surface area contributed by atoms with E-state index >= 15 is 0 Å². The average molecular weight is 371 g/mol. The number of fused-ring (bicyclic) bond motifs is 4. The van der Waals surface area contributed by atoms with Crippen molar-refractivity contribution in [2.24, 2.45) is 11.8 Å². The minimum absolute atomic E-state index is 0.0642. The number of hydrogen-bond donors (Lipinski definition) is 1. The first-order valence-electron chi connectivity index (χ1n) is 10.0. The summed E-state index contributed by atoms with van der Waals surface area (Å²) >= 11 is 0. The lowest BCUT2D eigenvalue weighted by molar-refractivity contribution is -0.145. The molecule has 3 saturated heterocycles. The van der Waals surface area contributed by atoms with Crippen LogP contribution in [0.5, 0.6) is 5.75 Å². The highest BCUT2D eigenvalue weighted by molar-refractivity contribution is 5.78. The second-order valence-corrected chi connectivity index (χ2v) is 8.19. The van der Waals surface area contributed by atoms with Crippen LogP contribution in [0.3, 0.4) is 0 Å². The molecule has 3 heterocycles. The van der Waals surface area contributed by atoms with Crippen molar-refractivity contribution in [3.05, 3.63) is 29.8 Å². The molecule has 3 fully saturated rings. The third-order valence-corrected chi connectivity index (χ3v) is 6.25. The molecule has 6 nitrogen and oxygen atoms in total. The molecule has 3 aliphatic rings. The first kappa shape index (κ1) is 18.3. The summed E-state index contributed by atoms with van der Waals surface area (Å²) < 4.78 is 5.23. The first-order valence-corrected chi connectivity index (χ1v) is 10.0. The van der Waals surface area contributed by atoms with Crippen LogP contribution in [0.4, 0.5) is 0 Å². The Morgan fingerprint density at radius 3 is 3.04 bits per heavy atom. The van der Waals surface area contributed by atoms with Crippen LogP contribution in [0.15, 0.2) is 24.3 Å². The van der Waals surface area contributed by atoms with Crippen LogP contribution in [0, 0.1) is 11.8 Å². The highest BCUT2D eigenvalue weighted by Gasteiger charge is 2.43. The molecule has 2 amide bonds. The number of likely N-dealkylation sites (tertiary alicyclic amines) is 1. The van der Waals surface area contributed by atoms with Gasteiger partial charge in [-0.05, 0) is 48.8 Å². The molecular weight excluding hydrogens is 342 g/mol. The monoisotopic (exact) mass is 371 g/mol. The van der Waals surface area contributed by atoms with Gasteiger partial charge < -0.3 is 15.0 Å². The normalized spacial score (nSPS) is 27.8. The van der Waals surface area contributed by atoms with Gasteiger partial charge in [-0.2, -0.15) is 0 Å². The fourth-order valence-electron chi connectivity index (χ4n) is 5.08. The molecule has 2 unspecified atom stereocenters. The van der Waals surface area contributed by atoms with E-state index in [9.17, 15) is 9.59 Å². The number of carbonyl (C=O) groups is 2. The number of rotatable bonds is 5. The molecule has 2 bridgehead atoms. The third kappa shape index (κ3) is 4.10. The van der Waals surface area contributed by atoms with Crippen molar-refractivity contribution in [2.75, 3.05) is 33.3 Å². The van der Waals surface area contributed by atoms with Crippen molar-refractivity contribution >= 4 is 11.8 Å². The molecule has 0 aliphatic carbocycles. The number of nitrogens with zero attached hydrogens (tertiary/aromatic N) is 2. The van der Waals surface area contributed by atoms with Crippen molar-refractivity contribution in [3.8, 4) is 5.75 Å². The van der Waals surface area contributed by atoms with Crippen LogP contribution >= 0.6 is 0 Å². The maximum absolute atomic E-state index is 12.4. The molecule has 0 saturated carbocycles. The van der Waals surface area contributed by atoms with E-state index in [1.54, 1.807) is 7.11 Å². The van der Waals surface area contributed by atoms with Gasteiger partial charge in [0.15, 0.2) is 0 Å². The van der Waals surface area contributed by atoms with E-state index in [-0.39, 0.29) is 5.91 Å². The van der Waals surface area contributed by atoms with Gasteiger partial charge in [-0.15, -0.1) is 0 Å². The Morgan fingerprint density at radius 2 is 2.19 bits per heavy atom. The van der Waals surface area contributed by atoms with Gasteiger partial charge in [0.2, 0.25) is 11.8 Å². The summed E-state index contributed by atoms with van der Waals surface area (Å²) in [5, 5.41) is 3.03. The number of amides is 2. The summed E-state index contributed by atoms with van der Waals surface area (Å²) in [5.74, 6) is 2.23. The zero-order chi connectivity index (χ0) is 18.8. The smallest absolute Gasteiger partial charge is 0.234 e. The van der Waals surface area contributed by atoms with E-state index in [0.717, 1.165) is 43.8 Å². The topological polar surface area (TPSA) is 61.9 Å². The lowest BCUT2D eigenvalue weighted by Gasteiger charge is -2.52. The van der Waals surface area contributed by atoms with Crippen molar-refractivity contribution in [1.29, 1.82) is 0 Å². The van der Waals surface area contributed by atoms with E-state index in [2.05, 4.69) is 15.1 Å². The summed E-state index contributed by atoms with van der Waals surface area (Å²) in [6.07, 6.45) is 4.06. The summed E-state index contributed by atoms with van der Waals surface area (Å²) in [5.41, 5.74) is 1.04. The van der Waals surface area contributed by atoms with Crippen molar-refractivity contribution in [1.82, 2.24) is 15.1 Å². The first-order chi connectivity index (χ1) is 13.1. The van der Waals surface area contributed by atoms with E-state index < -0.39 is 0 Å². The second-order valence-electron chi connectivity index (χ2n) is 8.19. The molecule has 0 aromatic heterocycles. The average Bonchev–Trinajstić information content (AvgIpc) is 2.67. The number of hydrogen-bond acceptors (Lipinski definition) is 4. The molecule has 4 rings (SSSR count). The van der Waals surface area contributed by atoms with Crippen LogP contribution < -0.4 is 10.1 Å². The third-order valence-electron chi connectivity index (χ3n) is 6.25. The lowest BCUT2D eigenvalue weighted by Crippen LogP contribution is -2.61. The quantitative estimate of drug-likeness (QED) is 0.855. The van der Waals surface area contributed by atoms with Crippen LogP contribution in [-0.2, 0) is 16.1 Å². The predicted octanol–water partition coefficient (Wildman–Crippen LogP) is 1.64. The summed E-state index contributed by atoms with van der Waals surface area (Å²) in [6.45, 7) is 3.68. The van der Waals surface area contributed by atoms with Crippen LogP contribution in [0.2, 0.25) is 0 Å². The van der Waals surface area contributed by atoms with Gasteiger partial charge in [-0.1, -0.05) is 12.1 Å². The van der Waals surface area contributed by atoms with E-state index in [4.69, 9.17) is 4.74 Å². The van der Waals surface area contributed by atoms with Crippen LogP contribution in [0.1, 0.15) is 31.2 Å². The highest BCUT2D eigenvalue weighted by atomic mass is 16.5. The van der Waals surface area contributed by atoms with Crippen LogP contribution in [0.25, 0.3) is 0 Å². The maximum atomic E-state index is 12.4. The number of nitrogens with one attached hydrogen (secondary N) is 1. The number of benzene rings is 1. The van der Waals surface area contributed by atoms with E-state index in [1.807, 2.05) is 24.3 Å². The Morgan fingerprint density at radius 1 is 1.30 bits per heavy atom. The second kappa shape index (κ2) is 7.89. The number of piperidine rings is 3. The Bertz CT molecular complexity index is 708. The fraction of sp³-hybridized carbons (Fsp3) is 0.619. The molecule has 6 heteroatoms. The molecule has 27 heavy (non-hydrogen) atoms. The van der Waals surface area contributed by atoms with Gasteiger partial charge in [0.05, 0.1) is 13.7 Å². The Kier molecular flexibility index (Phi) is 5.34. The van der Waals surface area contributed by atoms with Gasteiger partial charge in [-0.25, -0.2) is 0 Å². The zero-order valence-corrected chi connectivity index (χ0v) is 16.0. The minimum Gasteiger partial charge on any atom is -0.497 e. The van der Waals surface area contributed by atoms with Gasteiger partial charge >= 0.3 is 0 Å². The zero-order valence-electron chi connectivity index (χ0n) is 16.0. The molecule has 1 aromatic carbocycles. The predicted molar refractivity (Wildman–Crippen MR) is 102 cm³/mol. The van der Waals surface area contributed by atoms with E-state index in [1.165, 1.54) is 6.42 Å². The fourth-order valence-corrected chi connectivity index (χ4v) is 5.08. The Labute approximate surface area is 160 Å². The Hall–Kier alpha value is -2.08. The SMILES string of the molecule is COc1cccc(CNC(=O)CN2CC3CC(C2)[C@H]2CCCC(=O)N2C3)c1. The minimum atomic E-state index is 0.0642. The van der Waals surface area contributed by atoms with Gasteiger partial charge in [0.25, 0.3) is 0 Å². The summed E-state index contributed by atoms with van der Waals surface area (Å²) in [6, 6.07) is 8.16. The summed E-state index contributed by atoms with van der Waals surface area (Å²) in [7, 11) is 1.64. The van der Waals surface area contributed by atoms with E-state index in [0.29, 0.717) is 43.3 Å². The molecule has 3 aliphatic heterocycles. The lowest BCUT2D eigenvalue weighted by atomic mass is 9.76. The number of methoxy groups -OCH3 is 1. The van der Waals surface area contributed by atoms with Gasteiger partial charge in [0.1, 0.15) is 5.75 Å². The number of carbonyl (C=O) groups excluding carboxylic acids is 2. The highest BCUT2D eigenvalue weighted by Crippen LogP contribution is 2.37. The maximum Gasteiger partial charge on any atom is 0.234 e. The van der Waals surface area contributed by atoms with Crippen molar-refractivity contribution < 1.29 is 14.3 Å². The molecule has 0 spiro atoms. The van der Waals surface area contributed by atoms with Crippen molar-refractivity contribution in [2.45, 2.75) is 38.3 Å². The molecule has 0 radical (unpaired) electrons. The van der Waals surface area contributed by atoms with Crippen LogP contribution in [-0.4, -0.2) is 60.9 Å². The van der Waals surface area contributed by atoms with Gasteiger partial charge in [-0.3, -0.25) is 14.5 Å². The molecule has 1 N–H and O–H groups in total. The largest absolute Gasteiger partial charge is 0.497 e. The molecule has 3 atom stereocenters.